The van der Waals surface area contributed by atoms with Gasteiger partial charge in [0.2, 0.25) is 15.9 Å². The molecular formula is C25H34ClN3O4S. The fraction of sp³-hybridized carbons (Fsp3) is 0.480. The van der Waals surface area contributed by atoms with Crippen molar-refractivity contribution >= 4 is 33.2 Å². The number of carbonyl (C=O) groups is 1. The molecule has 0 radical (unpaired) electrons. The van der Waals surface area contributed by atoms with Crippen LogP contribution >= 0.6 is 11.6 Å². The zero-order chi connectivity index (χ0) is 24.7. The first-order chi connectivity index (χ1) is 16.2. The van der Waals surface area contributed by atoms with E-state index < -0.39 is 16.1 Å². The van der Waals surface area contributed by atoms with Gasteiger partial charge in [0.05, 0.1) is 19.1 Å². The molecule has 1 N–H and O–H groups in total. The smallest absolute Gasteiger partial charge is 0.244 e. The van der Waals surface area contributed by atoms with Gasteiger partial charge in [-0.25, -0.2) is 8.42 Å². The second-order valence-corrected chi connectivity index (χ2v) is 11.0. The van der Waals surface area contributed by atoms with E-state index in [1.54, 1.807) is 19.1 Å². The van der Waals surface area contributed by atoms with Crippen molar-refractivity contribution < 1.29 is 17.9 Å². The van der Waals surface area contributed by atoms with Crippen LogP contribution in [-0.2, 0) is 27.9 Å². The maximum atomic E-state index is 13.1. The highest BCUT2D eigenvalue weighted by Gasteiger charge is 2.33. The Bertz CT molecular complexity index is 1070. The lowest BCUT2D eigenvalue weighted by atomic mass is 10.1. The second kappa shape index (κ2) is 11.9. The molecule has 0 aliphatic carbocycles. The Morgan fingerprint density at radius 3 is 2.35 bits per heavy atom. The van der Waals surface area contributed by atoms with E-state index in [1.807, 2.05) is 12.1 Å². The standard InChI is InChI=1S/C25H34ClN3O4S/c1-4-22(29(34(3,31)32)23-16-21(26)12-13-24(23)33-2)25(30)27-17-19-8-10-20(11-9-19)18-28-14-6-5-7-15-28/h8-13,16,22H,4-7,14-15,17-18H2,1-3H3,(H,27,30)/t22-/m0/s1. The molecule has 34 heavy (non-hydrogen) atoms. The molecule has 0 saturated carbocycles. The molecule has 1 saturated heterocycles. The van der Waals surface area contributed by atoms with Gasteiger partial charge in [0.15, 0.2) is 0 Å². The molecule has 0 unspecified atom stereocenters. The summed E-state index contributed by atoms with van der Waals surface area (Å²) in [6, 6.07) is 12.0. The van der Waals surface area contributed by atoms with Gasteiger partial charge in [0, 0.05) is 18.1 Å². The minimum absolute atomic E-state index is 0.238. The predicted octanol–water partition coefficient (Wildman–Crippen LogP) is 4.20. The number of hydrogen-bond donors (Lipinski definition) is 1. The zero-order valence-electron chi connectivity index (χ0n) is 20.1. The van der Waals surface area contributed by atoms with E-state index in [9.17, 15) is 13.2 Å². The Hall–Kier alpha value is -2.29. The third kappa shape index (κ3) is 6.87. The van der Waals surface area contributed by atoms with Crippen molar-refractivity contribution in [3.8, 4) is 5.75 Å². The number of amides is 1. The van der Waals surface area contributed by atoms with E-state index >= 15 is 0 Å². The number of methoxy groups -OCH3 is 1. The monoisotopic (exact) mass is 507 g/mol. The van der Waals surface area contributed by atoms with Gasteiger partial charge in [-0.3, -0.25) is 14.0 Å². The Morgan fingerprint density at radius 2 is 1.76 bits per heavy atom. The van der Waals surface area contributed by atoms with Gasteiger partial charge in [0.1, 0.15) is 11.8 Å². The highest BCUT2D eigenvalue weighted by Crippen LogP contribution is 2.34. The average molecular weight is 508 g/mol. The fourth-order valence-electron chi connectivity index (χ4n) is 4.32. The van der Waals surface area contributed by atoms with Crippen molar-refractivity contribution in [1.29, 1.82) is 0 Å². The normalized spacial score (nSPS) is 15.5. The minimum atomic E-state index is -3.80. The van der Waals surface area contributed by atoms with Gasteiger partial charge in [-0.2, -0.15) is 0 Å². The van der Waals surface area contributed by atoms with Crippen LogP contribution in [-0.4, -0.2) is 51.7 Å². The molecule has 2 aromatic carbocycles. The Labute approximate surface area is 208 Å². The molecule has 1 amide bonds. The number of halogens is 1. The van der Waals surface area contributed by atoms with Crippen LogP contribution in [0.3, 0.4) is 0 Å². The van der Waals surface area contributed by atoms with Crippen molar-refractivity contribution in [2.24, 2.45) is 0 Å². The predicted molar refractivity (Wildman–Crippen MR) is 137 cm³/mol. The van der Waals surface area contributed by atoms with Crippen LogP contribution in [0, 0.1) is 0 Å². The first-order valence-corrected chi connectivity index (χ1v) is 13.9. The van der Waals surface area contributed by atoms with Crippen LogP contribution in [0.1, 0.15) is 43.7 Å². The number of nitrogens with one attached hydrogen (secondary N) is 1. The molecule has 186 valence electrons. The SMILES string of the molecule is CC[C@@H](C(=O)NCc1ccc(CN2CCCCC2)cc1)N(c1cc(Cl)ccc1OC)S(C)(=O)=O. The minimum Gasteiger partial charge on any atom is -0.495 e. The highest BCUT2D eigenvalue weighted by molar-refractivity contribution is 7.92. The van der Waals surface area contributed by atoms with E-state index in [4.69, 9.17) is 16.3 Å². The summed E-state index contributed by atoms with van der Waals surface area (Å²) >= 11 is 6.13. The Kier molecular flexibility index (Phi) is 9.22. The lowest BCUT2D eigenvalue weighted by molar-refractivity contribution is -0.122. The van der Waals surface area contributed by atoms with Crippen LogP contribution in [0.5, 0.6) is 5.75 Å². The summed E-state index contributed by atoms with van der Waals surface area (Å²) in [7, 11) is -2.35. The van der Waals surface area contributed by atoms with Crippen LogP contribution in [0.25, 0.3) is 0 Å². The molecule has 1 heterocycles. The van der Waals surface area contributed by atoms with Gasteiger partial charge in [-0.05, 0) is 61.7 Å². The van der Waals surface area contributed by atoms with Crippen molar-refractivity contribution in [3.05, 3.63) is 58.6 Å². The molecule has 0 aromatic heterocycles. The summed E-state index contributed by atoms with van der Waals surface area (Å²) in [5, 5.41) is 3.25. The van der Waals surface area contributed by atoms with Crippen LogP contribution < -0.4 is 14.4 Å². The average Bonchev–Trinajstić information content (AvgIpc) is 2.81. The van der Waals surface area contributed by atoms with Crippen LogP contribution in [0.15, 0.2) is 42.5 Å². The number of benzene rings is 2. The van der Waals surface area contributed by atoms with E-state index in [0.717, 1.165) is 35.8 Å². The summed E-state index contributed by atoms with van der Waals surface area (Å²) < 4.78 is 31.9. The third-order valence-corrected chi connectivity index (χ3v) is 7.45. The second-order valence-electron chi connectivity index (χ2n) is 8.67. The number of hydrogen-bond acceptors (Lipinski definition) is 5. The van der Waals surface area contributed by atoms with Gasteiger partial charge in [-0.15, -0.1) is 0 Å². The van der Waals surface area contributed by atoms with Gasteiger partial charge >= 0.3 is 0 Å². The molecule has 9 heteroatoms. The summed E-state index contributed by atoms with van der Waals surface area (Å²) in [4.78, 5) is 15.6. The molecule has 1 aliphatic rings. The van der Waals surface area contributed by atoms with Gasteiger partial charge in [-0.1, -0.05) is 49.2 Å². The quantitative estimate of drug-likeness (QED) is 0.521. The molecular weight excluding hydrogens is 474 g/mol. The fourth-order valence-corrected chi connectivity index (χ4v) is 5.69. The molecule has 0 spiro atoms. The van der Waals surface area contributed by atoms with Crippen molar-refractivity contribution in [2.75, 3.05) is 30.8 Å². The van der Waals surface area contributed by atoms with E-state index in [2.05, 4.69) is 22.3 Å². The molecule has 1 atom stereocenters. The van der Waals surface area contributed by atoms with Crippen molar-refractivity contribution in [2.45, 2.75) is 51.7 Å². The third-order valence-electron chi connectivity index (χ3n) is 6.05. The highest BCUT2D eigenvalue weighted by atomic mass is 35.5. The molecule has 7 nitrogen and oxygen atoms in total. The van der Waals surface area contributed by atoms with Crippen molar-refractivity contribution in [1.82, 2.24) is 10.2 Å². The van der Waals surface area contributed by atoms with Crippen LogP contribution in [0.4, 0.5) is 5.69 Å². The maximum absolute atomic E-state index is 13.1. The number of nitrogens with zero attached hydrogens (tertiary/aromatic N) is 2. The number of rotatable bonds is 10. The Morgan fingerprint density at radius 1 is 1.12 bits per heavy atom. The largest absolute Gasteiger partial charge is 0.495 e. The van der Waals surface area contributed by atoms with Gasteiger partial charge in [0.25, 0.3) is 0 Å². The summed E-state index contributed by atoms with van der Waals surface area (Å²) in [6.45, 7) is 5.31. The number of sulfonamides is 1. The number of ether oxygens (including phenoxy) is 1. The summed E-state index contributed by atoms with van der Waals surface area (Å²) in [5.74, 6) is -0.0577. The van der Waals surface area contributed by atoms with Gasteiger partial charge < -0.3 is 10.1 Å². The van der Waals surface area contributed by atoms with E-state index in [1.165, 1.54) is 38.0 Å². The summed E-state index contributed by atoms with van der Waals surface area (Å²) in [5.41, 5.74) is 2.44. The maximum Gasteiger partial charge on any atom is 0.244 e. The molecule has 3 rings (SSSR count). The number of likely N-dealkylation sites (tertiary alicyclic amines) is 1. The van der Waals surface area contributed by atoms with E-state index in [0.29, 0.717) is 17.3 Å². The van der Waals surface area contributed by atoms with Crippen LogP contribution in [0.2, 0.25) is 5.02 Å². The van der Waals surface area contributed by atoms with Crippen molar-refractivity contribution in [3.63, 3.8) is 0 Å². The number of carbonyl (C=O) groups excluding carboxylic acids is 1. The zero-order valence-corrected chi connectivity index (χ0v) is 21.7. The first kappa shape index (κ1) is 26.3. The number of anilines is 1. The number of piperidine rings is 1. The lowest BCUT2D eigenvalue weighted by Gasteiger charge is -2.31. The molecule has 1 fully saturated rings. The topological polar surface area (TPSA) is 79.0 Å². The molecule has 1 aliphatic heterocycles. The lowest BCUT2D eigenvalue weighted by Crippen LogP contribution is -2.49. The summed E-state index contributed by atoms with van der Waals surface area (Å²) in [6.07, 6.45) is 5.19. The molecule has 2 aromatic rings. The molecule has 0 bridgehead atoms. The Balaban J connectivity index is 1.71. The first-order valence-electron chi connectivity index (χ1n) is 11.6. The van der Waals surface area contributed by atoms with E-state index in [-0.39, 0.29) is 18.0 Å².